The fourth-order valence-electron chi connectivity index (χ4n) is 2.45. The number of rotatable bonds is 7. The van der Waals surface area contributed by atoms with Gasteiger partial charge in [-0.05, 0) is 49.9 Å². The van der Waals surface area contributed by atoms with Crippen LogP contribution in [-0.2, 0) is 21.4 Å². The highest BCUT2D eigenvalue weighted by molar-refractivity contribution is 7.89. The molecule has 0 aromatic heterocycles. The van der Waals surface area contributed by atoms with E-state index in [-0.39, 0.29) is 10.8 Å². The predicted molar refractivity (Wildman–Crippen MR) is 108 cm³/mol. The lowest BCUT2D eigenvalue weighted by Gasteiger charge is -2.24. The third-order valence-electron chi connectivity index (χ3n) is 4.24. The molecule has 1 atom stereocenters. The molecule has 1 N–H and O–H groups in total. The fraction of sp³-hybridized carbons (Fsp3) is 0.316. The second-order valence-corrected chi connectivity index (χ2v) is 9.11. The molecule has 2 aromatic carbocycles. The molecule has 0 saturated heterocycles. The molecule has 0 heterocycles. The first-order valence-electron chi connectivity index (χ1n) is 8.39. The molecule has 0 saturated carbocycles. The minimum atomic E-state index is -3.56. The number of nitrogens with one attached hydrogen (secondary N) is 1. The maximum atomic E-state index is 12.6. The monoisotopic (exact) mass is 409 g/mol. The van der Waals surface area contributed by atoms with E-state index in [4.69, 9.17) is 11.6 Å². The first-order chi connectivity index (χ1) is 12.6. The Morgan fingerprint density at radius 2 is 1.78 bits per heavy atom. The van der Waals surface area contributed by atoms with Crippen LogP contribution in [0.5, 0.6) is 0 Å². The lowest BCUT2D eigenvalue weighted by atomic mass is 10.2. The molecule has 1 amide bonds. The summed E-state index contributed by atoms with van der Waals surface area (Å²) in [4.78, 5) is 14.6. The van der Waals surface area contributed by atoms with Crippen LogP contribution >= 0.6 is 11.6 Å². The lowest BCUT2D eigenvalue weighted by molar-refractivity contribution is -0.120. The molecule has 0 aliphatic heterocycles. The number of hydrogen-bond donors (Lipinski definition) is 1. The van der Waals surface area contributed by atoms with Crippen molar-refractivity contribution < 1.29 is 13.2 Å². The Balaban J connectivity index is 2.08. The smallest absolute Gasteiger partial charge is 0.242 e. The average molecular weight is 410 g/mol. The van der Waals surface area contributed by atoms with E-state index in [2.05, 4.69) is 5.32 Å². The average Bonchev–Trinajstić information content (AvgIpc) is 2.61. The number of carbonyl (C=O) groups excluding carboxylic acids is 1. The number of halogens is 1. The summed E-state index contributed by atoms with van der Waals surface area (Å²) in [5, 5.41) is 3.43. The van der Waals surface area contributed by atoms with Crippen LogP contribution < -0.4 is 5.32 Å². The molecule has 8 heteroatoms. The van der Waals surface area contributed by atoms with Gasteiger partial charge in [-0.3, -0.25) is 9.69 Å². The molecule has 2 rings (SSSR count). The highest BCUT2D eigenvalue weighted by Crippen LogP contribution is 2.19. The van der Waals surface area contributed by atoms with Gasteiger partial charge in [-0.15, -0.1) is 0 Å². The van der Waals surface area contributed by atoms with Crippen molar-refractivity contribution in [1.82, 2.24) is 9.21 Å². The third-order valence-corrected chi connectivity index (χ3v) is 6.29. The minimum Gasteiger partial charge on any atom is -0.325 e. The predicted octanol–water partition coefficient (Wildman–Crippen LogP) is 3.05. The number of hydrogen-bond acceptors (Lipinski definition) is 4. The Morgan fingerprint density at radius 3 is 2.41 bits per heavy atom. The molecule has 146 valence electrons. The summed E-state index contributed by atoms with van der Waals surface area (Å²) in [6, 6.07) is 13.3. The van der Waals surface area contributed by atoms with E-state index in [0.717, 1.165) is 9.87 Å². The van der Waals surface area contributed by atoms with Crippen LogP contribution in [-0.4, -0.2) is 50.7 Å². The van der Waals surface area contributed by atoms with Crippen molar-refractivity contribution >= 4 is 33.2 Å². The molecule has 27 heavy (non-hydrogen) atoms. The van der Waals surface area contributed by atoms with Crippen LogP contribution in [0.4, 0.5) is 5.69 Å². The Bertz CT molecular complexity index is 916. The van der Waals surface area contributed by atoms with Gasteiger partial charge in [0.25, 0.3) is 0 Å². The molecule has 0 fully saturated rings. The molecule has 0 bridgehead atoms. The first kappa shape index (κ1) is 21.4. The van der Waals surface area contributed by atoms with Gasteiger partial charge in [0, 0.05) is 31.4 Å². The Kier molecular flexibility index (Phi) is 7.00. The van der Waals surface area contributed by atoms with Crippen molar-refractivity contribution in [2.24, 2.45) is 0 Å². The summed E-state index contributed by atoms with van der Waals surface area (Å²) in [7, 11) is 1.22. The lowest BCUT2D eigenvalue weighted by Crippen LogP contribution is -2.39. The molecule has 0 unspecified atom stereocenters. The summed E-state index contributed by atoms with van der Waals surface area (Å²) >= 11 is 6.00. The van der Waals surface area contributed by atoms with E-state index in [1.165, 1.54) is 26.2 Å². The van der Waals surface area contributed by atoms with Crippen LogP contribution in [0.2, 0.25) is 5.02 Å². The van der Waals surface area contributed by atoms with Crippen LogP contribution in [0, 0.1) is 0 Å². The van der Waals surface area contributed by atoms with E-state index in [1.54, 1.807) is 25.1 Å². The highest BCUT2D eigenvalue weighted by Gasteiger charge is 2.20. The maximum Gasteiger partial charge on any atom is 0.242 e. The van der Waals surface area contributed by atoms with E-state index in [1.807, 2.05) is 30.1 Å². The molecule has 0 spiro atoms. The van der Waals surface area contributed by atoms with Gasteiger partial charge >= 0.3 is 0 Å². The zero-order chi connectivity index (χ0) is 20.2. The highest BCUT2D eigenvalue weighted by atomic mass is 35.5. The van der Waals surface area contributed by atoms with Crippen LogP contribution in [0.25, 0.3) is 0 Å². The van der Waals surface area contributed by atoms with Gasteiger partial charge < -0.3 is 5.32 Å². The number of amides is 1. The van der Waals surface area contributed by atoms with Gasteiger partial charge in [0.2, 0.25) is 15.9 Å². The fourth-order valence-corrected chi connectivity index (χ4v) is 3.61. The van der Waals surface area contributed by atoms with Gasteiger partial charge in [-0.2, -0.15) is 0 Å². The van der Waals surface area contributed by atoms with Gasteiger partial charge in [0.15, 0.2) is 0 Å². The number of nitrogens with zero attached hydrogens (tertiary/aromatic N) is 2. The SMILES string of the molecule is C[C@@H](C(=O)Nc1cccc(S(=O)(=O)N(C)C)c1)N(C)Cc1cccc(Cl)c1. The van der Waals surface area contributed by atoms with Crippen LogP contribution in [0.3, 0.4) is 0 Å². The summed E-state index contributed by atoms with van der Waals surface area (Å²) in [5.74, 6) is -0.223. The van der Waals surface area contributed by atoms with Crippen molar-refractivity contribution in [3.05, 3.63) is 59.1 Å². The normalized spacial score (nSPS) is 13.0. The van der Waals surface area contributed by atoms with Gasteiger partial charge in [0.1, 0.15) is 0 Å². The molecule has 0 aliphatic carbocycles. The van der Waals surface area contributed by atoms with Gasteiger partial charge in [0.05, 0.1) is 10.9 Å². The Morgan fingerprint density at radius 1 is 1.11 bits per heavy atom. The van der Waals surface area contributed by atoms with E-state index < -0.39 is 16.1 Å². The summed E-state index contributed by atoms with van der Waals surface area (Å²) in [5.41, 5.74) is 1.44. The largest absolute Gasteiger partial charge is 0.325 e. The maximum absolute atomic E-state index is 12.6. The Labute approximate surface area is 165 Å². The van der Waals surface area contributed by atoms with Gasteiger partial charge in [-0.25, -0.2) is 12.7 Å². The standard InChI is InChI=1S/C19H24ClN3O3S/c1-14(23(4)13-15-7-5-8-16(20)11-15)19(24)21-17-9-6-10-18(12-17)27(25,26)22(2)3/h5-12,14H,13H2,1-4H3,(H,21,24)/t14-/m0/s1. The summed E-state index contributed by atoms with van der Waals surface area (Å²) < 4.78 is 25.6. The number of carbonyl (C=O) groups is 1. The number of anilines is 1. The quantitative estimate of drug-likeness (QED) is 0.763. The topological polar surface area (TPSA) is 69.7 Å². The zero-order valence-corrected chi connectivity index (χ0v) is 17.4. The third kappa shape index (κ3) is 5.52. The van der Waals surface area contributed by atoms with Crippen molar-refractivity contribution in [3.63, 3.8) is 0 Å². The van der Waals surface area contributed by atoms with Crippen molar-refractivity contribution in [2.75, 3.05) is 26.5 Å². The van der Waals surface area contributed by atoms with Crippen molar-refractivity contribution in [2.45, 2.75) is 24.4 Å². The number of benzene rings is 2. The zero-order valence-electron chi connectivity index (χ0n) is 15.8. The molecule has 0 radical (unpaired) electrons. The molecule has 0 aliphatic rings. The van der Waals surface area contributed by atoms with E-state index in [9.17, 15) is 13.2 Å². The summed E-state index contributed by atoms with van der Waals surface area (Å²) in [6.45, 7) is 2.35. The molecule has 2 aromatic rings. The van der Waals surface area contributed by atoms with E-state index in [0.29, 0.717) is 17.3 Å². The van der Waals surface area contributed by atoms with E-state index >= 15 is 0 Å². The summed E-state index contributed by atoms with van der Waals surface area (Å²) in [6.07, 6.45) is 0. The molecular formula is C19H24ClN3O3S. The first-order valence-corrected chi connectivity index (χ1v) is 10.2. The molecular weight excluding hydrogens is 386 g/mol. The van der Waals surface area contributed by atoms with Crippen LogP contribution in [0.1, 0.15) is 12.5 Å². The Hall–Kier alpha value is -1.93. The second-order valence-electron chi connectivity index (χ2n) is 6.53. The van der Waals surface area contributed by atoms with Crippen molar-refractivity contribution in [1.29, 1.82) is 0 Å². The second kappa shape index (κ2) is 8.84. The van der Waals surface area contributed by atoms with Crippen molar-refractivity contribution in [3.8, 4) is 0 Å². The number of sulfonamides is 1. The minimum absolute atomic E-state index is 0.130. The van der Waals surface area contributed by atoms with Crippen LogP contribution in [0.15, 0.2) is 53.4 Å². The molecule has 6 nitrogen and oxygen atoms in total. The van der Waals surface area contributed by atoms with Gasteiger partial charge in [-0.1, -0.05) is 29.8 Å². The number of likely N-dealkylation sites (N-methyl/N-ethyl adjacent to an activating group) is 1.